The lowest BCUT2D eigenvalue weighted by Crippen LogP contribution is -1.95. The molecule has 0 amide bonds. The first-order valence-electron chi connectivity index (χ1n) is 6.66. The van der Waals surface area contributed by atoms with Crippen LogP contribution in [0.15, 0.2) is 49.0 Å². The van der Waals surface area contributed by atoms with Gasteiger partial charge in [0.1, 0.15) is 0 Å². The molecule has 0 fully saturated rings. The maximum Gasteiger partial charge on any atom is 0.0651 e. The number of nitrogens with zero attached hydrogens (tertiary/aromatic N) is 1. The smallest absolute Gasteiger partial charge is 0.0651 e. The number of thiophene rings is 1. The summed E-state index contributed by atoms with van der Waals surface area (Å²) in [4.78, 5) is 5.42. The van der Waals surface area contributed by atoms with Gasteiger partial charge in [-0.1, -0.05) is 63.9 Å². The molecule has 0 unspecified atom stereocenters. The molecule has 0 saturated heterocycles. The molecule has 0 N–H and O–H groups in total. The Hall–Kier alpha value is -1.93. The number of allylic oxidation sites excluding steroid dienone is 1. The molecule has 0 atom stereocenters. The van der Waals surface area contributed by atoms with Crippen LogP contribution in [0, 0.1) is 0 Å². The van der Waals surface area contributed by atoms with Crippen molar-refractivity contribution in [2.45, 2.75) is 13.8 Å². The van der Waals surface area contributed by atoms with E-state index in [4.69, 9.17) is 0 Å². The third-order valence-electron chi connectivity index (χ3n) is 2.88. The SMILES string of the molecule is C=CC(=NC)c1cccc2c(C=C)c(C=C)sc12.CC. The molecule has 0 bridgehead atoms. The molecule has 0 aliphatic rings. The number of rotatable bonds is 4. The normalized spacial score (nSPS) is 10.7. The molecule has 2 aromatic rings. The molecule has 2 heteroatoms. The molecule has 0 saturated carbocycles. The lowest BCUT2D eigenvalue weighted by Gasteiger charge is -2.02. The summed E-state index contributed by atoms with van der Waals surface area (Å²) < 4.78 is 1.21. The zero-order chi connectivity index (χ0) is 15.1. The minimum Gasteiger partial charge on any atom is -0.288 e. The highest BCUT2D eigenvalue weighted by Crippen LogP contribution is 2.35. The lowest BCUT2D eigenvalue weighted by atomic mass is 10.0. The minimum absolute atomic E-state index is 0.910. The van der Waals surface area contributed by atoms with Crippen LogP contribution in [0.3, 0.4) is 0 Å². The summed E-state index contributed by atoms with van der Waals surface area (Å²) >= 11 is 1.72. The fourth-order valence-corrected chi connectivity index (χ4v) is 3.22. The predicted octanol–water partition coefficient (Wildman–Crippen LogP) is 5.82. The summed E-state index contributed by atoms with van der Waals surface area (Å²) in [5.41, 5.74) is 3.17. The van der Waals surface area contributed by atoms with Gasteiger partial charge in [0.05, 0.1) is 5.71 Å². The van der Waals surface area contributed by atoms with Gasteiger partial charge in [-0.2, -0.15) is 0 Å². The van der Waals surface area contributed by atoms with E-state index >= 15 is 0 Å². The molecule has 1 heterocycles. The van der Waals surface area contributed by atoms with Gasteiger partial charge in [0.15, 0.2) is 0 Å². The summed E-state index contributed by atoms with van der Waals surface area (Å²) in [5, 5.41) is 1.20. The van der Waals surface area contributed by atoms with E-state index in [0.29, 0.717) is 0 Å². The number of aliphatic imine (C=N–C) groups is 1. The predicted molar refractivity (Wildman–Crippen MR) is 96.0 cm³/mol. The highest BCUT2D eigenvalue weighted by Gasteiger charge is 2.12. The first kappa shape index (κ1) is 16.1. The van der Waals surface area contributed by atoms with Gasteiger partial charge in [0.2, 0.25) is 0 Å². The molecular weight excluding hydrogens is 262 g/mol. The quantitative estimate of drug-likeness (QED) is 0.627. The topological polar surface area (TPSA) is 12.4 Å². The Balaban J connectivity index is 0.000000956. The molecule has 0 spiro atoms. The summed E-state index contributed by atoms with van der Waals surface area (Å²) in [7, 11) is 1.78. The van der Waals surface area contributed by atoms with E-state index in [0.717, 1.165) is 21.7 Å². The van der Waals surface area contributed by atoms with Gasteiger partial charge in [-0.25, -0.2) is 0 Å². The molecule has 20 heavy (non-hydrogen) atoms. The number of hydrogen-bond acceptors (Lipinski definition) is 2. The van der Waals surface area contributed by atoms with Gasteiger partial charge >= 0.3 is 0 Å². The summed E-state index contributed by atoms with van der Waals surface area (Å²) in [6.07, 6.45) is 5.55. The third-order valence-corrected chi connectivity index (χ3v) is 4.13. The first-order valence-corrected chi connectivity index (χ1v) is 7.48. The molecule has 0 aliphatic carbocycles. The second-order valence-corrected chi connectivity index (χ2v) is 4.84. The van der Waals surface area contributed by atoms with Crippen LogP contribution in [0.1, 0.15) is 29.9 Å². The molecule has 1 aromatic heterocycles. The highest BCUT2D eigenvalue weighted by molar-refractivity contribution is 7.20. The van der Waals surface area contributed by atoms with Crippen LogP contribution in [-0.4, -0.2) is 12.8 Å². The standard InChI is InChI=1S/C16H15NS.C2H6/c1-5-11-12-9-8-10-13(14(6-2)17-4)16(12)18-15(11)7-3;1-2/h5-10H,1-3H2,4H3;1-2H3. The van der Waals surface area contributed by atoms with Crippen molar-refractivity contribution in [3.05, 3.63) is 60.0 Å². The number of benzene rings is 1. The van der Waals surface area contributed by atoms with Crippen molar-refractivity contribution < 1.29 is 0 Å². The molecule has 104 valence electrons. The molecule has 1 nitrogen and oxygen atoms in total. The Labute approximate surface area is 125 Å². The zero-order valence-electron chi connectivity index (χ0n) is 12.4. The van der Waals surface area contributed by atoms with E-state index in [1.165, 1.54) is 10.1 Å². The van der Waals surface area contributed by atoms with Crippen LogP contribution in [0.25, 0.3) is 22.2 Å². The van der Waals surface area contributed by atoms with E-state index in [1.807, 2.05) is 32.1 Å². The maximum absolute atomic E-state index is 4.27. The van der Waals surface area contributed by atoms with Crippen molar-refractivity contribution in [2.24, 2.45) is 4.99 Å². The Kier molecular flexibility index (Phi) is 6.13. The molecular formula is C18H21NS. The van der Waals surface area contributed by atoms with Gasteiger partial charge in [0.25, 0.3) is 0 Å². The van der Waals surface area contributed by atoms with E-state index < -0.39 is 0 Å². The highest BCUT2D eigenvalue weighted by atomic mass is 32.1. The van der Waals surface area contributed by atoms with Crippen molar-refractivity contribution in [1.29, 1.82) is 0 Å². The summed E-state index contributed by atoms with van der Waals surface area (Å²) in [5.74, 6) is 0. The van der Waals surface area contributed by atoms with Crippen molar-refractivity contribution >= 4 is 39.3 Å². The molecule has 0 aliphatic heterocycles. The Morgan fingerprint density at radius 1 is 1.15 bits per heavy atom. The van der Waals surface area contributed by atoms with Crippen LogP contribution >= 0.6 is 11.3 Å². The van der Waals surface area contributed by atoms with Crippen molar-refractivity contribution in [2.75, 3.05) is 7.05 Å². The minimum atomic E-state index is 0.910. The van der Waals surface area contributed by atoms with Crippen LogP contribution < -0.4 is 0 Å². The second-order valence-electron chi connectivity index (χ2n) is 3.78. The van der Waals surface area contributed by atoms with Gasteiger partial charge in [-0.05, 0) is 11.6 Å². The molecule has 0 radical (unpaired) electrons. The first-order chi connectivity index (χ1) is 9.76. The van der Waals surface area contributed by atoms with E-state index in [2.05, 4.69) is 36.9 Å². The second kappa shape index (κ2) is 7.61. The summed E-state index contributed by atoms with van der Waals surface area (Å²) in [6.45, 7) is 15.6. The van der Waals surface area contributed by atoms with E-state index in [-0.39, 0.29) is 0 Å². The Morgan fingerprint density at radius 3 is 2.35 bits per heavy atom. The fraction of sp³-hybridized carbons (Fsp3) is 0.167. The van der Waals surface area contributed by atoms with Gasteiger partial charge < -0.3 is 0 Å². The van der Waals surface area contributed by atoms with E-state index in [1.54, 1.807) is 24.5 Å². The molecule has 1 aromatic carbocycles. The largest absolute Gasteiger partial charge is 0.288 e. The van der Waals surface area contributed by atoms with Crippen LogP contribution in [-0.2, 0) is 0 Å². The zero-order valence-corrected chi connectivity index (χ0v) is 13.3. The monoisotopic (exact) mass is 283 g/mol. The van der Waals surface area contributed by atoms with Crippen LogP contribution in [0.2, 0.25) is 0 Å². The van der Waals surface area contributed by atoms with Gasteiger partial charge in [-0.15, -0.1) is 11.3 Å². The van der Waals surface area contributed by atoms with Crippen LogP contribution in [0.4, 0.5) is 0 Å². The van der Waals surface area contributed by atoms with Crippen molar-refractivity contribution in [1.82, 2.24) is 0 Å². The van der Waals surface area contributed by atoms with Crippen molar-refractivity contribution in [3.8, 4) is 0 Å². The number of hydrogen-bond donors (Lipinski definition) is 0. The maximum atomic E-state index is 4.27. The Bertz CT molecular complexity index is 659. The Morgan fingerprint density at radius 2 is 1.85 bits per heavy atom. The third kappa shape index (κ3) is 2.81. The van der Waals surface area contributed by atoms with Crippen molar-refractivity contribution in [3.63, 3.8) is 0 Å². The average molecular weight is 283 g/mol. The van der Waals surface area contributed by atoms with E-state index in [9.17, 15) is 0 Å². The van der Waals surface area contributed by atoms with Crippen LogP contribution in [0.5, 0.6) is 0 Å². The number of fused-ring (bicyclic) bond motifs is 1. The fourth-order valence-electron chi connectivity index (χ4n) is 2.04. The summed E-state index contributed by atoms with van der Waals surface area (Å²) in [6, 6.07) is 6.22. The molecule has 2 rings (SSSR count). The lowest BCUT2D eigenvalue weighted by molar-refractivity contribution is 1.44. The van der Waals surface area contributed by atoms with Gasteiger partial charge in [-0.3, -0.25) is 4.99 Å². The van der Waals surface area contributed by atoms with Gasteiger partial charge in [0, 0.05) is 27.6 Å². The average Bonchev–Trinajstić information content (AvgIpc) is 2.89.